The fourth-order valence-electron chi connectivity index (χ4n) is 3.93. The lowest BCUT2D eigenvalue weighted by molar-refractivity contribution is -0.0505. The van der Waals surface area contributed by atoms with Crippen molar-refractivity contribution < 1.29 is 18.3 Å². The zero-order valence-corrected chi connectivity index (χ0v) is 17.7. The molecule has 1 aliphatic rings. The highest BCUT2D eigenvalue weighted by Gasteiger charge is 2.28. The van der Waals surface area contributed by atoms with Gasteiger partial charge in [0.15, 0.2) is 0 Å². The Bertz CT molecular complexity index is 1320. The summed E-state index contributed by atoms with van der Waals surface area (Å²) in [4.78, 5) is 4.72. The number of fused-ring (bicyclic) bond motifs is 3. The van der Waals surface area contributed by atoms with E-state index in [1.807, 2.05) is 59.2 Å². The molecule has 0 radical (unpaired) electrons. The van der Waals surface area contributed by atoms with Crippen LogP contribution in [0.5, 0.6) is 11.5 Å². The van der Waals surface area contributed by atoms with Crippen LogP contribution in [-0.2, 0) is 0 Å². The summed E-state index contributed by atoms with van der Waals surface area (Å²) in [5, 5.41) is 3.79. The summed E-state index contributed by atoms with van der Waals surface area (Å²) >= 11 is 6.26. The number of rotatable bonds is 5. The van der Waals surface area contributed by atoms with Gasteiger partial charge in [0.2, 0.25) is 5.95 Å². The van der Waals surface area contributed by atoms with E-state index < -0.39 is 12.7 Å². The lowest BCUT2D eigenvalue weighted by Gasteiger charge is -2.28. The van der Waals surface area contributed by atoms with Gasteiger partial charge in [0.05, 0.1) is 24.2 Å². The maximum atomic E-state index is 13.2. The highest BCUT2D eigenvalue weighted by atomic mass is 35.5. The van der Waals surface area contributed by atoms with Crippen LogP contribution in [0.1, 0.15) is 17.2 Å². The Balaban J connectivity index is 1.71. The first kappa shape index (κ1) is 20.3. The van der Waals surface area contributed by atoms with Crippen molar-refractivity contribution >= 4 is 34.3 Å². The predicted octanol–water partition coefficient (Wildman–Crippen LogP) is 6.36. The van der Waals surface area contributed by atoms with Gasteiger partial charge < -0.3 is 14.8 Å². The molecule has 0 spiro atoms. The van der Waals surface area contributed by atoms with Gasteiger partial charge in [0.25, 0.3) is 0 Å². The van der Waals surface area contributed by atoms with Crippen molar-refractivity contribution in [3.05, 3.63) is 89.0 Å². The standard InChI is InChI=1S/C24H18ClF2N3O2/c1-31-16-9-6-14(7-10-16)19-13-21(17-12-15(25)8-11-22(17)32-23(26)27)30-20-5-3-2-4-18(20)28-24(30)29-19/h2-13,21,23H,1H3,(H,28,29)/t21-/m0/s1. The van der Waals surface area contributed by atoms with Gasteiger partial charge in [-0.3, -0.25) is 4.57 Å². The van der Waals surface area contributed by atoms with Gasteiger partial charge in [0, 0.05) is 16.3 Å². The summed E-state index contributed by atoms with van der Waals surface area (Å²) in [6, 6.07) is 19.4. The molecule has 0 saturated carbocycles. The maximum absolute atomic E-state index is 13.2. The summed E-state index contributed by atoms with van der Waals surface area (Å²) in [5.74, 6) is 1.38. The number of hydrogen-bond acceptors (Lipinski definition) is 4. The number of hydrogen-bond donors (Lipinski definition) is 1. The Hall–Kier alpha value is -3.58. The second kappa shape index (κ2) is 8.16. The normalized spacial score (nSPS) is 15.3. The van der Waals surface area contributed by atoms with E-state index in [1.165, 1.54) is 12.1 Å². The smallest absolute Gasteiger partial charge is 0.387 e. The summed E-state index contributed by atoms with van der Waals surface area (Å²) in [6.07, 6.45) is 1.95. The van der Waals surface area contributed by atoms with Crippen molar-refractivity contribution in [1.29, 1.82) is 0 Å². The summed E-state index contributed by atoms with van der Waals surface area (Å²) in [7, 11) is 1.61. The van der Waals surface area contributed by atoms with Crippen LogP contribution >= 0.6 is 11.6 Å². The molecule has 0 bridgehead atoms. The van der Waals surface area contributed by atoms with Gasteiger partial charge >= 0.3 is 6.61 Å². The molecular formula is C24H18ClF2N3O2. The monoisotopic (exact) mass is 453 g/mol. The number of nitrogens with one attached hydrogen (secondary N) is 1. The molecular weight excluding hydrogens is 436 g/mol. The fraction of sp³-hybridized carbons (Fsp3) is 0.125. The number of aromatic nitrogens is 2. The molecule has 1 aliphatic heterocycles. The lowest BCUT2D eigenvalue weighted by Crippen LogP contribution is -2.20. The number of anilines is 1. The Morgan fingerprint density at radius 2 is 1.84 bits per heavy atom. The molecule has 0 unspecified atom stereocenters. The van der Waals surface area contributed by atoms with Crippen LogP contribution in [0.25, 0.3) is 16.7 Å². The zero-order valence-electron chi connectivity index (χ0n) is 16.9. The average molecular weight is 454 g/mol. The fourth-order valence-corrected chi connectivity index (χ4v) is 4.11. The van der Waals surface area contributed by atoms with Crippen LogP contribution in [0, 0.1) is 0 Å². The van der Waals surface area contributed by atoms with Gasteiger partial charge in [-0.1, -0.05) is 23.7 Å². The lowest BCUT2D eigenvalue weighted by atomic mass is 10.00. The Morgan fingerprint density at radius 1 is 1.06 bits per heavy atom. The van der Waals surface area contributed by atoms with E-state index >= 15 is 0 Å². The van der Waals surface area contributed by atoms with Crippen LogP contribution in [0.4, 0.5) is 14.7 Å². The van der Waals surface area contributed by atoms with Crippen molar-refractivity contribution in [1.82, 2.24) is 9.55 Å². The van der Waals surface area contributed by atoms with Gasteiger partial charge in [-0.25, -0.2) is 4.98 Å². The highest BCUT2D eigenvalue weighted by molar-refractivity contribution is 6.30. The van der Waals surface area contributed by atoms with E-state index in [-0.39, 0.29) is 5.75 Å². The zero-order chi connectivity index (χ0) is 22.2. The van der Waals surface area contributed by atoms with Crippen molar-refractivity contribution in [2.75, 3.05) is 12.4 Å². The molecule has 0 fully saturated rings. The SMILES string of the molecule is COc1ccc(C2=C[C@@H](c3cc(Cl)ccc3OC(F)F)n3c(nc4ccccc43)N2)cc1. The number of halogens is 3. The molecule has 32 heavy (non-hydrogen) atoms. The number of para-hydroxylation sites is 2. The van der Waals surface area contributed by atoms with Crippen LogP contribution < -0.4 is 14.8 Å². The van der Waals surface area contributed by atoms with E-state index in [9.17, 15) is 8.78 Å². The van der Waals surface area contributed by atoms with Crippen molar-refractivity contribution in [2.45, 2.75) is 12.7 Å². The molecule has 5 rings (SSSR count). The van der Waals surface area contributed by atoms with E-state index in [0.717, 1.165) is 28.0 Å². The third-order valence-electron chi connectivity index (χ3n) is 5.35. The molecule has 4 aromatic rings. The molecule has 0 amide bonds. The van der Waals surface area contributed by atoms with Gasteiger partial charge in [-0.15, -0.1) is 0 Å². The molecule has 0 aliphatic carbocycles. The van der Waals surface area contributed by atoms with E-state index in [0.29, 0.717) is 16.5 Å². The summed E-state index contributed by atoms with van der Waals surface area (Å²) in [6.45, 7) is -2.96. The largest absolute Gasteiger partial charge is 0.497 e. The first-order valence-corrected chi connectivity index (χ1v) is 10.3. The highest BCUT2D eigenvalue weighted by Crippen LogP contribution is 2.41. The molecule has 162 valence electrons. The van der Waals surface area contributed by atoms with Crippen LogP contribution in [0.2, 0.25) is 5.02 Å². The van der Waals surface area contributed by atoms with Crippen molar-refractivity contribution in [2.24, 2.45) is 0 Å². The van der Waals surface area contributed by atoms with E-state index in [1.54, 1.807) is 13.2 Å². The number of methoxy groups -OCH3 is 1. The van der Waals surface area contributed by atoms with Crippen LogP contribution in [-0.4, -0.2) is 23.3 Å². The van der Waals surface area contributed by atoms with E-state index in [2.05, 4.69) is 5.32 Å². The average Bonchev–Trinajstić information content (AvgIpc) is 3.18. The van der Waals surface area contributed by atoms with Gasteiger partial charge in [-0.2, -0.15) is 8.78 Å². The van der Waals surface area contributed by atoms with E-state index in [4.69, 9.17) is 26.1 Å². The molecule has 1 atom stereocenters. The predicted molar refractivity (Wildman–Crippen MR) is 121 cm³/mol. The first-order valence-electron chi connectivity index (χ1n) is 9.88. The quantitative estimate of drug-likeness (QED) is 0.382. The minimum absolute atomic E-state index is 0.0605. The third-order valence-corrected chi connectivity index (χ3v) is 5.59. The number of imidazole rings is 1. The molecule has 1 N–H and O–H groups in total. The van der Waals surface area contributed by atoms with Crippen molar-refractivity contribution in [3.8, 4) is 11.5 Å². The minimum Gasteiger partial charge on any atom is -0.497 e. The number of alkyl halides is 2. The molecule has 2 heterocycles. The minimum atomic E-state index is -2.96. The first-order chi connectivity index (χ1) is 15.5. The summed E-state index contributed by atoms with van der Waals surface area (Å²) < 4.78 is 38.4. The van der Waals surface area contributed by atoms with Gasteiger partial charge in [-0.05, 0) is 66.2 Å². The maximum Gasteiger partial charge on any atom is 0.387 e. The third kappa shape index (κ3) is 3.65. The Morgan fingerprint density at radius 3 is 2.59 bits per heavy atom. The van der Waals surface area contributed by atoms with Crippen LogP contribution in [0.15, 0.2) is 72.8 Å². The van der Waals surface area contributed by atoms with Crippen LogP contribution in [0.3, 0.4) is 0 Å². The molecule has 1 aromatic heterocycles. The number of benzene rings is 3. The number of ether oxygens (including phenoxy) is 2. The molecule has 8 heteroatoms. The number of nitrogens with zero attached hydrogens (tertiary/aromatic N) is 2. The second-order valence-corrected chi connectivity index (χ2v) is 7.67. The molecule has 3 aromatic carbocycles. The Kier molecular flexibility index (Phi) is 5.19. The Labute approximate surface area is 187 Å². The van der Waals surface area contributed by atoms with Gasteiger partial charge in [0.1, 0.15) is 11.5 Å². The topological polar surface area (TPSA) is 48.3 Å². The molecule has 5 nitrogen and oxygen atoms in total. The number of allylic oxidation sites excluding steroid dienone is 1. The molecule has 0 saturated heterocycles. The second-order valence-electron chi connectivity index (χ2n) is 7.23. The summed E-state index contributed by atoms with van der Waals surface area (Å²) in [5.41, 5.74) is 3.82. The van der Waals surface area contributed by atoms with Crippen molar-refractivity contribution in [3.63, 3.8) is 0 Å².